The van der Waals surface area contributed by atoms with E-state index in [2.05, 4.69) is 4.74 Å². The molecule has 106 valence electrons. The smallest absolute Gasteiger partial charge is 0.416 e. The predicted octanol–water partition coefficient (Wildman–Crippen LogP) is 0.881. The molecule has 2 amide bonds. The van der Waals surface area contributed by atoms with Gasteiger partial charge in [-0.1, -0.05) is 0 Å². The van der Waals surface area contributed by atoms with Crippen molar-refractivity contribution in [2.24, 2.45) is 0 Å². The highest BCUT2D eigenvalue weighted by Crippen LogP contribution is 2.20. The van der Waals surface area contributed by atoms with Crippen molar-refractivity contribution in [3.8, 4) is 5.75 Å². The summed E-state index contributed by atoms with van der Waals surface area (Å²) in [5.41, 5.74) is -0.401. The molecule has 0 bridgehead atoms. The molecule has 1 aromatic carbocycles. The highest BCUT2D eigenvalue weighted by Gasteiger charge is 2.28. The molecule has 1 aliphatic rings. The second-order valence-electron chi connectivity index (χ2n) is 3.89. The van der Waals surface area contributed by atoms with E-state index in [0.29, 0.717) is 0 Å². The summed E-state index contributed by atoms with van der Waals surface area (Å²) in [5, 5.41) is 8.89. The number of carbonyl (C=O) groups excluding carboxylic acids is 2. The minimum absolute atomic E-state index is 0.113. The second-order valence-corrected chi connectivity index (χ2v) is 3.89. The molecule has 1 heterocycles. The van der Waals surface area contributed by atoms with Gasteiger partial charge in [0.25, 0.3) is 5.91 Å². The lowest BCUT2D eigenvalue weighted by molar-refractivity contribution is -0.129. The van der Waals surface area contributed by atoms with Gasteiger partial charge in [0.1, 0.15) is 23.7 Å². The number of halogens is 1. The zero-order valence-corrected chi connectivity index (χ0v) is 10.2. The van der Waals surface area contributed by atoms with Gasteiger partial charge in [-0.15, -0.1) is 0 Å². The van der Waals surface area contributed by atoms with Crippen molar-refractivity contribution in [2.75, 3.05) is 19.8 Å². The van der Waals surface area contributed by atoms with Crippen LogP contribution in [-0.4, -0.2) is 47.7 Å². The van der Waals surface area contributed by atoms with Crippen LogP contribution < -0.4 is 4.74 Å². The van der Waals surface area contributed by atoms with Gasteiger partial charge < -0.3 is 14.6 Å². The second kappa shape index (κ2) is 5.55. The molecule has 20 heavy (non-hydrogen) atoms. The fourth-order valence-corrected chi connectivity index (χ4v) is 1.63. The lowest BCUT2D eigenvalue weighted by Crippen LogP contribution is -2.35. The summed E-state index contributed by atoms with van der Waals surface area (Å²) in [7, 11) is 0. The largest absolute Gasteiger partial charge is 0.483 e. The fraction of sp³-hybridized carbons (Fsp3) is 0.250. The van der Waals surface area contributed by atoms with Gasteiger partial charge in [-0.3, -0.25) is 4.79 Å². The van der Waals surface area contributed by atoms with Crippen LogP contribution in [0, 0.1) is 5.82 Å². The minimum Gasteiger partial charge on any atom is -0.483 e. The minimum atomic E-state index is -1.38. The van der Waals surface area contributed by atoms with Gasteiger partial charge in [-0.25, -0.2) is 18.9 Å². The van der Waals surface area contributed by atoms with Gasteiger partial charge in [-0.2, -0.15) is 0 Å². The molecule has 2 rings (SSSR count). The van der Waals surface area contributed by atoms with Gasteiger partial charge in [0.2, 0.25) is 0 Å². The van der Waals surface area contributed by atoms with E-state index in [1.165, 1.54) is 0 Å². The third-order valence-corrected chi connectivity index (χ3v) is 2.59. The highest BCUT2D eigenvalue weighted by molar-refractivity contribution is 5.94. The lowest BCUT2D eigenvalue weighted by Gasteiger charge is -2.12. The fourth-order valence-electron chi connectivity index (χ4n) is 1.63. The number of carboxylic acid groups (broad SMARTS) is 1. The van der Waals surface area contributed by atoms with E-state index in [4.69, 9.17) is 9.84 Å². The summed E-state index contributed by atoms with van der Waals surface area (Å²) in [6.07, 6.45) is -0.767. The van der Waals surface area contributed by atoms with E-state index in [0.717, 1.165) is 23.1 Å². The molecule has 0 saturated carbocycles. The van der Waals surface area contributed by atoms with E-state index in [1.807, 2.05) is 0 Å². The Morgan fingerprint density at radius 1 is 1.45 bits per heavy atom. The number of ether oxygens (including phenoxy) is 2. The summed E-state index contributed by atoms with van der Waals surface area (Å²) in [6.45, 7) is -0.307. The molecule has 0 aliphatic carbocycles. The average Bonchev–Trinajstić information content (AvgIpc) is 2.83. The van der Waals surface area contributed by atoms with Crippen LogP contribution in [-0.2, 0) is 9.53 Å². The van der Waals surface area contributed by atoms with Crippen molar-refractivity contribution in [2.45, 2.75) is 0 Å². The summed E-state index contributed by atoms with van der Waals surface area (Å²) in [5.74, 6) is -2.93. The van der Waals surface area contributed by atoms with Gasteiger partial charge >= 0.3 is 12.1 Å². The predicted molar refractivity (Wildman–Crippen MR) is 61.9 cm³/mol. The first-order valence-corrected chi connectivity index (χ1v) is 5.62. The number of carbonyl (C=O) groups is 3. The number of nitrogens with zero attached hydrogens (tertiary/aromatic N) is 1. The number of carboxylic acids is 1. The molecule has 7 nitrogen and oxygen atoms in total. The molecule has 0 spiro atoms. The molecule has 0 atom stereocenters. The maximum Gasteiger partial charge on any atom is 0.416 e. The molecular formula is C12H10FNO6. The lowest BCUT2D eigenvalue weighted by atomic mass is 10.2. The quantitative estimate of drug-likeness (QED) is 0.881. The van der Waals surface area contributed by atoms with Gasteiger partial charge in [0.05, 0.1) is 6.54 Å². The number of hydrogen-bond acceptors (Lipinski definition) is 5. The Balaban J connectivity index is 2.05. The number of aromatic carboxylic acids is 1. The third-order valence-electron chi connectivity index (χ3n) is 2.59. The van der Waals surface area contributed by atoms with Crippen molar-refractivity contribution in [3.05, 3.63) is 29.6 Å². The van der Waals surface area contributed by atoms with Crippen LogP contribution in [0.25, 0.3) is 0 Å². The zero-order valence-electron chi connectivity index (χ0n) is 10.2. The van der Waals surface area contributed by atoms with Crippen LogP contribution in [0.15, 0.2) is 18.2 Å². The molecule has 1 N–H and O–H groups in total. The molecule has 1 aliphatic heterocycles. The standard InChI is InChI=1S/C12H10FNO6/c13-7-1-2-9(8(5-7)11(16)17)20-6-10(15)14-3-4-19-12(14)18/h1-2,5H,3-4,6H2,(H,16,17). The zero-order chi connectivity index (χ0) is 14.7. The summed E-state index contributed by atoms with van der Waals surface area (Å²) >= 11 is 0. The van der Waals surface area contributed by atoms with Gasteiger partial charge in [-0.05, 0) is 18.2 Å². The first kappa shape index (κ1) is 13.8. The first-order valence-electron chi connectivity index (χ1n) is 5.62. The SMILES string of the molecule is O=C(O)c1cc(F)ccc1OCC(=O)N1CCOC1=O. The number of benzene rings is 1. The van der Waals surface area contributed by atoms with E-state index < -0.39 is 36.0 Å². The van der Waals surface area contributed by atoms with E-state index >= 15 is 0 Å². The van der Waals surface area contributed by atoms with Crippen LogP contribution in [0.1, 0.15) is 10.4 Å². The van der Waals surface area contributed by atoms with Crippen molar-refractivity contribution >= 4 is 18.0 Å². The van der Waals surface area contributed by atoms with Crippen LogP contribution >= 0.6 is 0 Å². The Bertz CT molecular complexity index is 573. The van der Waals surface area contributed by atoms with Crippen molar-refractivity contribution < 1.29 is 33.4 Å². The number of hydrogen-bond donors (Lipinski definition) is 1. The number of rotatable bonds is 4. The van der Waals surface area contributed by atoms with E-state index in [-0.39, 0.29) is 18.9 Å². The third kappa shape index (κ3) is 2.85. The molecule has 1 saturated heterocycles. The van der Waals surface area contributed by atoms with Crippen LogP contribution in [0.4, 0.5) is 9.18 Å². The average molecular weight is 283 g/mol. The van der Waals surface area contributed by atoms with Crippen LogP contribution in [0.2, 0.25) is 0 Å². The summed E-state index contributed by atoms with van der Waals surface area (Å²) in [6, 6.07) is 2.90. The summed E-state index contributed by atoms with van der Waals surface area (Å²) < 4.78 is 22.6. The maximum atomic E-state index is 12.9. The number of imide groups is 1. The molecule has 0 aromatic heterocycles. The normalized spacial score (nSPS) is 14.1. The molecule has 1 aromatic rings. The van der Waals surface area contributed by atoms with Gasteiger partial charge in [0.15, 0.2) is 6.61 Å². The Morgan fingerprint density at radius 3 is 2.80 bits per heavy atom. The monoisotopic (exact) mass is 283 g/mol. The molecule has 0 unspecified atom stereocenters. The molecule has 8 heteroatoms. The highest BCUT2D eigenvalue weighted by atomic mass is 19.1. The van der Waals surface area contributed by atoms with Crippen LogP contribution in [0.5, 0.6) is 5.75 Å². The Morgan fingerprint density at radius 2 is 2.20 bits per heavy atom. The van der Waals surface area contributed by atoms with E-state index in [9.17, 15) is 18.8 Å². The van der Waals surface area contributed by atoms with Crippen molar-refractivity contribution in [1.82, 2.24) is 4.90 Å². The van der Waals surface area contributed by atoms with Crippen LogP contribution in [0.3, 0.4) is 0 Å². The Labute approximate surface area is 112 Å². The van der Waals surface area contributed by atoms with Gasteiger partial charge in [0, 0.05) is 0 Å². The number of amides is 2. The Hall–Kier alpha value is -2.64. The molecule has 0 radical (unpaired) electrons. The molecular weight excluding hydrogens is 273 g/mol. The van der Waals surface area contributed by atoms with E-state index in [1.54, 1.807) is 0 Å². The van der Waals surface area contributed by atoms with Crippen molar-refractivity contribution in [1.29, 1.82) is 0 Å². The van der Waals surface area contributed by atoms with Crippen molar-refractivity contribution in [3.63, 3.8) is 0 Å². The maximum absolute atomic E-state index is 12.9. The topological polar surface area (TPSA) is 93.1 Å². The summed E-state index contributed by atoms with van der Waals surface area (Å²) in [4.78, 5) is 34.5. The first-order chi connectivity index (χ1) is 9.49. The Kier molecular flexibility index (Phi) is 3.83. The number of cyclic esters (lactones) is 1. The molecule has 1 fully saturated rings.